The maximum Gasteiger partial charge on any atom is 0.270 e. The van der Waals surface area contributed by atoms with Crippen LogP contribution in [0.4, 0.5) is 0 Å². The fraction of sp³-hybridized carbons (Fsp3) is 0.316. The Labute approximate surface area is 146 Å². The highest BCUT2D eigenvalue weighted by Gasteiger charge is 2.27. The molecule has 0 aromatic carbocycles. The molecule has 0 aliphatic carbocycles. The number of rotatable bonds is 4. The van der Waals surface area contributed by atoms with Crippen molar-refractivity contribution in [2.45, 2.75) is 25.4 Å². The first-order chi connectivity index (χ1) is 12.3. The summed E-state index contributed by atoms with van der Waals surface area (Å²) in [4.78, 5) is 19.1. The lowest BCUT2D eigenvalue weighted by atomic mass is 10.1. The Bertz CT molecular complexity index is 825. The molecule has 0 radical (unpaired) electrons. The molecular weight excluding hydrogens is 314 g/mol. The summed E-state index contributed by atoms with van der Waals surface area (Å²) >= 11 is 0. The monoisotopic (exact) mass is 335 g/mol. The van der Waals surface area contributed by atoms with Crippen molar-refractivity contribution < 1.29 is 4.79 Å². The molecule has 1 fully saturated rings. The lowest BCUT2D eigenvalue weighted by Crippen LogP contribution is -2.41. The Kier molecular flexibility index (Phi) is 4.33. The van der Waals surface area contributed by atoms with Gasteiger partial charge in [0.05, 0.1) is 6.04 Å². The van der Waals surface area contributed by atoms with Crippen LogP contribution in [0.5, 0.6) is 0 Å². The Morgan fingerprint density at radius 3 is 2.92 bits per heavy atom. The molecule has 0 saturated carbocycles. The molecule has 0 N–H and O–H groups in total. The first kappa shape index (κ1) is 15.6. The van der Waals surface area contributed by atoms with E-state index in [1.807, 2.05) is 63.1 Å². The number of amides is 1. The van der Waals surface area contributed by atoms with Crippen LogP contribution in [-0.4, -0.2) is 43.2 Å². The molecule has 4 rings (SSSR count). The summed E-state index contributed by atoms with van der Waals surface area (Å²) in [6, 6.07) is 9.96. The highest BCUT2D eigenvalue weighted by Crippen LogP contribution is 2.22. The standard InChI is InChI=1S/C19H21N5O/c25-19(23-11-2-6-17(15-23)24-12-4-9-21-24)18-7-3-10-22(18)14-16-5-1-8-20-13-16/h1,3-5,7-10,12-13,17H,2,6,11,14-15H2. The van der Waals surface area contributed by atoms with E-state index in [0.29, 0.717) is 13.1 Å². The quantitative estimate of drug-likeness (QED) is 0.736. The van der Waals surface area contributed by atoms with Gasteiger partial charge >= 0.3 is 0 Å². The molecule has 1 unspecified atom stereocenters. The molecule has 4 heterocycles. The molecule has 6 nitrogen and oxygen atoms in total. The third kappa shape index (κ3) is 3.33. The van der Waals surface area contributed by atoms with Crippen LogP contribution in [0.15, 0.2) is 61.3 Å². The van der Waals surface area contributed by atoms with E-state index in [-0.39, 0.29) is 11.9 Å². The van der Waals surface area contributed by atoms with Gasteiger partial charge in [-0.2, -0.15) is 5.10 Å². The van der Waals surface area contributed by atoms with Crippen molar-refractivity contribution in [3.63, 3.8) is 0 Å². The van der Waals surface area contributed by atoms with Crippen molar-refractivity contribution >= 4 is 5.91 Å². The van der Waals surface area contributed by atoms with E-state index in [0.717, 1.165) is 30.6 Å². The maximum atomic E-state index is 13.0. The molecule has 3 aromatic heterocycles. The average molecular weight is 335 g/mol. The van der Waals surface area contributed by atoms with Crippen LogP contribution >= 0.6 is 0 Å². The molecule has 1 aliphatic rings. The number of carbonyl (C=O) groups excluding carboxylic acids is 1. The van der Waals surface area contributed by atoms with Crippen molar-refractivity contribution in [3.8, 4) is 0 Å². The van der Waals surface area contributed by atoms with Crippen LogP contribution in [0.3, 0.4) is 0 Å². The number of aromatic nitrogens is 4. The smallest absolute Gasteiger partial charge is 0.270 e. The van der Waals surface area contributed by atoms with Gasteiger partial charge in [0.15, 0.2) is 0 Å². The summed E-state index contributed by atoms with van der Waals surface area (Å²) in [5, 5.41) is 4.34. The largest absolute Gasteiger partial charge is 0.339 e. The number of pyridine rings is 1. The fourth-order valence-electron chi connectivity index (χ4n) is 3.45. The Morgan fingerprint density at radius 1 is 1.16 bits per heavy atom. The first-order valence-corrected chi connectivity index (χ1v) is 8.64. The summed E-state index contributed by atoms with van der Waals surface area (Å²) < 4.78 is 3.96. The second kappa shape index (κ2) is 6.93. The summed E-state index contributed by atoms with van der Waals surface area (Å²) in [6.07, 6.45) is 11.4. The van der Waals surface area contributed by atoms with E-state index >= 15 is 0 Å². The van der Waals surface area contributed by atoms with E-state index in [1.165, 1.54) is 0 Å². The number of hydrogen-bond acceptors (Lipinski definition) is 3. The Morgan fingerprint density at radius 2 is 2.12 bits per heavy atom. The van der Waals surface area contributed by atoms with Gasteiger partial charge in [0.1, 0.15) is 5.69 Å². The zero-order chi connectivity index (χ0) is 17.1. The zero-order valence-electron chi connectivity index (χ0n) is 14.0. The van der Waals surface area contributed by atoms with Crippen molar-refractivity contribution in [2.24, 2.45) is 0 Å². The van der Waals surface area contributed by atoms with Crippen LogP contribution in [0.1, 0.15) is 34.9 Å². The van der Waals surface area contributed by atoms with E-state index in [9.17, 15) is 4.79 Å². The van der Waals surface area contributed by atoms with Gasteiger partial charge in [0.25, 0.3) is 5.91 Å². The average Bonchev–Trinajstić information content (AvgIpc) is 3.34. The van der Waals surface area contributed by atoms with Gasteiger partial charge in [-0.1, -0.05) is 6.07 Å². The minimum Gasteiger partial charge on any atom is -0.339 e. The normalized spacial score (nSPS) is 17.6. The minimum absolute atomic E-state index is 0.0887. The summed E-state index contributed by atoms with van der Waals surface area (Å²) in [7, 11) is 0. The van der Waals surface area contributed by atoms with E-state index in [4.69, 9.17) is 0 Å². The molecule has 1 aliphatic heterocycles. The summed E-state index contributed by atoms with van der Waals surface area (Å²) in [5.74, 6) is 0.0887. The Balaban J connectivity index is 1.50. The molecule has 0 spiro atoms. The lowest BCUT2D eigenvalue weighted by Gasteiger charge is -2.33. The SMILES string of the molecule is O=C(c1cccn1Cc1cccnc1)N1CCCC(n2cccn2)C1. The molecule has 1 amide bonds. The predicted octanol–water partition coefficient (Wildman–Crippen LogP) is 2.61. The van der Waals surface area contributed by atoms with Gasteiger partial charge in [-0.15, -0.1) is 0 Å². The van der Waals surface area contributed by atoms with Crippen LogP contribution in [0.25, 0.3) is 0 Å². The molecule has 3 aromatic rings. The first-order valence-electron chi connectivity index (χ1n) is 8.64. The molecule has 0 bridgehead atoms. The van der Waals surface area contributed by atoms with Gasteiger partial charge in [0, 0.05) is 50.6 Å². The molecule has 1 atom stereocenters. The third-order valence-electron chi connectivity index (χ3n) is 4.71. The van der Waals surface area contributed by atoms with Gasteiger partial charge in [0.2, 0.25) is 0 Å². The second-order valence-corrected chi connectivity index (χ2v) is 6.42. The fourth-order valence-corrected chi connectivity index (χ4v) is 3.45. The summed E-state index contributed by atoms with van der Waals surface area (Å²) in [5.41, 5.74) is 1.81. The van der Waals surface area contributed by atoms with Gasteiger partial charge in [-0.25, -0.2) is 0 Å². The van der Waals surface area contributed by atoms with Gasteiger partial charge < -0.3 is 9.47 Å². The van der Waals surface area contributed by atoms with Crippen LogP contribution in [0.2, 0.25) is 0 Å². The van der Waals surface area contributed by atoms with Crippen molar-refractivity contribution in [2.75, 3.05) is 13.1 Å². The van der Waals surface area contributed by atoms with Gasteiger partial charge in [-0.3, -0.25) is 14.5 Å². The highest BCUT2D eigenvalue weighted by atomic mass is 16.2. The predicted molar refractivity (Wildman–Crippen MR) is 94.2 cm³/mol. The minimum atomic E-state index is 0.0887. The molecule has 128 valence electrons. The Hall–Kier alpha value is -2.89. The summed E-state index contributed by atoms with van der Waals surface area (Å²) in [6.45, 7) is 2.16. The van der Waals surface area contributed by atoms with Crippen molar-refractivity contribution in [1.82, 2.24) is 24.2 Å². The van der Waals surface area contributed by atoms with E-state index in [1.54, 1.807) is 12.4 Å². The van der Waals surface area contributed by atoms with Gasteiger partial charge in [-0.05, 0) is 42.7 Å². The topological polar surface area (TPSA) is 56.0 Å². The molecular formula is C19H21N5O. The zero-order valence-corrected chi connectivity index (χ0v) is 14.0. The number of piperidine rings is 1. The molecule has 6 heteroatoms. The van der Waals surface area contributed by atoms with E-state index < -0.39 is 0 Å². The number of carbonyl (C=O) groups is 1. The lowest BCUT2D eigenvalue weighted by molar-refractivity contribution is 0.0662. The van der Waals surface area contributed by atoms with E-state index in [2.05, 4.69) is 10.1 Å². The van der Waals surface area contributed by atoms with Crippen LogP contribution in [-0.2, 0) is 6.54 Å². The highest BCUT2D eigenvalue weighted by molar-refractivity contribution is 5.92. The second-order valence-electron chi connectivity index (χ2n) is 6.42. The van der Waals surface area contributed by atoms with Crippen LogP contribution in [0, 0.1) is 0 Å². The van der Waals surface area contributed by atoms with Crippen molar-refractivity contribution in [3.05, 3.63) is 72.6 Å². The van der Waals surface area contributed by atoms with Crippen LogP contribution < -0.4 is 0 Å². The maximum absolute atomic E-state index is 13.0. The number of nitrogens with zero attached hydrogens (tertiary/aromatic N) is 5. The molecule has 25 heavy (non-hydrogen) atoms. The van der Waals surface area contributed by atoms with Crippen molar-refractivity contribution in [1.29, 1.82) is 0 Å². The number of hydrogen-bond donors (Lipinski definition) is 0. The third-order valence-corrected chi connectivity index (χ3v) is 4.71. The number of likely N-dealkylation sites (tertiary alicyclic amines) is 1. The molecule has 1 saturated heterocycles.